The first-order valence-corrected chi connectivity index (χ1v) is 8.50. The maximum absolute atomic E-state index is 12.1. The van der Waals surface area contributed by atoms with Gasteiger partial charge in [0, 0.05) is 23.0 Å². The van der Waals surface area contributed by atoms with Crippen molar-refractivity contribution >= 4 is 46.4 Å². The summed E-state index contributed by atoms with van der Waals surface area (Å²) in [4.78, 5) is 24.1. The third-order valence-electron chi connectivity index (χ3n) is 3.20. The van der Waals surface area contributed by atoms with Crippen molar-refractivity contribution in [1.82, 2.24) is 5.32 Å². The molecule has 0 fully saturated rings. The highest BCUT2D eigenvalue weighted by atomic mass is 35.5. The molecule has 0 aliphatic carbocycles. The second-order valence-corrected chi connectivity index (χ2v) is 6.55. The molecule has 0 radical (unpaired) electrons. The SMILES string of the molecule is CC(C)NC(=O)c1cccc(NC(=O)CNc2ccc(Cl)c(Cl)c2)c1. The van der Waals surface area contributed by atoms with E-state index in [-0.39, 0.29) is 24.4 Å². The molecule has 2 rings (SSSR count). The Morgan fingerprint density at radius 1 is 1.00 bits per heavy atom. The molecule has 0 unspecified atom stereocenters. The second kappa shape index (κ2) is 8.74. The summed E-state index contributed by atoms with van der Waals surface area (Å²) in [5.74, 6) is -0.424. The van der Waals surface area contributed by atoms with Crippen LogP contribution in [-0.4, -0.2) is 24.4 Å². The molecule has 0 saturated heterocycles. The van der Waals surface area contributed by atoms with Crippen LogP contribution in [0, 0.1) is 0 Å². The minimum absolute atomic E-state index is 0.0427. The minimum atomic E-state index is -0.243. The van der Waals surface area contributed by atoms with Crippen LogP contribution < -0.4 is 16.0 Å². The molecule has 2 amide bonds. The van der Waals surface area contributed by atoms with Gasteiger partial charge in [0.15, 0.2) is 0 Å². The van der Waals surface area contributed by atoms with E-state index in [1.54, 1.807) is 42.5 Å². The van der Waals surface area contributed by atoms with Crippen molar-refractivity contribution in [2.75, 3.05) is 17.2 Å². The summed E-state index contributed by atoms with van der Waals surface area (Å²) in [5, 5.41) is 9.38. The molecule has 0 aliphatic heterocycles. The van der Waals surface area contributed by atoms with Crippen LogP contribution in [0.15, 0.2) is 42.5 Å². The molecule has 5 nitrogen and oxygen atoms in total. The van der Waals surface area contributed by atoms with Crippen molar-refractivity contribution in [1.29, 1.82) is 0 Å². The summed E-state index contributed by atoms with van der Waals surface area (Å²) in [7, 11) is 0. The van der Waals surface area contributed by atoms with Gasteiger partial charge in [-0.25, -0.2) is 0 Å². The van der Waals surface area contributed by atoms with Crippen molar-refractivity contribution < 1.29 is 9.59 Å². The Labute approximate surface area is 156 Å². The smallest absolute Gasteiger partial charge is 0.251 e. The van der Waals surface area contributed by atoms with E-state index in [2.05, 4.69) is 16.0 Å². The average molecular weight is 380 g/mol. The van der Waals surface area contributed by atoms with Crippen molar-refractivity contribution in [3.8, 4) is 0 Å². The van der Waals surface area contributed by atoms with Crippen molar-refractivity contribution in [3.63, 3.8) is 0 Å². The summed E-state index contributed by atoms with van der Waals surface area (Å²) in [5.41, 5.74) is 1.73. The first kappa shape index (κ1) is 19.1. The Morgan fingerprint density at radius 2 is 1.76 bits per heavy atom. The Morgan fingerprint density at radius 3 is 2.44 bits per heavy atom. The number of hydrogen-bond donors (Lipinski definition) is 3. The van der Waals surface area contributed by atoms with Gasteiger partial charge in [-0.2, -0.15) is 0 Å². The summed E-state index contributed by atoms with van der Waals surface area (Å²) in [6, 6.07) is 11.9. The predicted octanol–water partition coefficient (Wildman–Crippen LogP) is 4.18. The molecule has 2 aromatic rings. The molecule has 0 atom stereocenters. The predicted molar refractivity (Wildman–Crippen MR) is 103 cm³/mol. The fourth-order valence-corrected chi connectivity index (χ4v) is 2.38. The van der Waals surface area contributed by atoms with Crippen LogP contribution in [0.4, 0.5) is 11.4 Å². The van der Waals surface area contributed by atoms with E-state index in [0.29, 0.717) is 27.0 Å². The van der Waals surface area contributed by atoms with Crippen molar-refractivity contribution in [3.05, 3.63) is 58.1 Å². The van der Waals surface area contributed by atoms with Gasteiger partial charge >= 0.3 is 0 Å². The van der Waals surface area contributed by atoms with Crippen LogP contribution in [0.2, 0.25) is 10.0 Å². The third-order valence-corrected chi connectivity index (χ3v) is 3.94. The van der Waals surface area contributed by atoms with Gasteiger partial charge in [0.05, 0.1) is 16.6 Å². The van der Waals surface area contributed by atoms with Crippen LogP contribution in [0.25, 0.3) is 0 Å². The lowest BCUT2D eigenvalue weighted by Crippen LogP contribution is -2.30. The van der Waals surface area contributed by atoms with Crippen LogP contribution in [0.3, 0.4) is 0 Å². The summed E-state index contributed by atoms with van der Waals surface area (Å²) < 4.78 is 0. The first-order valence-electron chi connectivity index (χ1n) is 7.75. The Balaban J connectivity index is 1.93. The van der Waals surface area contributed by atoms with E-state index in [0.717, 1.165) is 0 Å². The molecular formula is C18H19Cl2N3O2. The molecule has 25 heavy (non-hydrogen) atoms. The number of nitrogens with one attached hydrogen (secondary N) is 3. The molecular weight excluding hydrogens is 361 g/mol. The molecule has 7 heteroatoms. The van der Waals surface area contributed by atoms with E-state index >= 15 is 0 Å². The standard InChI is InChI=1S/C18H19Cl2N3O2/c1-11(2)22-18(25)12-4-3-5-14(8-12)23-17(24)10-21-13-6-7-15(19)16(20)9-13/h3-9,11,21H,10H2,1-2H3,(H,22,25)(H,23,24). The number of carbonyl (C=O) groups is 2. The second-order valence-electron chi connectivity index (χ2n) is 5.74. The molecule has 0 spiro atoms. The van der Waals surface area contributed by atoms with E-state index in [4.69, 9.17) is 23.2 Å². The topological polar surface area (TPSA) is 70.2 Å². The number of benzene rings is 2. The van der Waals surface area contributed by atoms with Gasteiger partial charge in [0.25, 0.3) is 5.91 Å². The average Bonchev–Trinajstić information content (AvgIpc) is 2.55. The molecule has 132 valence electrons. The van der Waals surface area contributed by atoms with E-state index in [1.807, 2.05) is 13.8 Å². The maximum Gasteiger partial charge on any atom is 0.251 e. The molecule has 2 aromatic carbocycles. The van der Waals surface area contributed by atoms with Gasteiger partial charge in [-0.1, -0.05) is 29.3 Å². The van der Waals surface area contributed by atoms with E-state index in [1.165, 1.54) is 0 Å². The van der Waals surface area contributed by atoms with Crippen LogP contribution in [0.1, 0.15) is 24.2 Å². The minimum Gasteiger partial charge on any atom is -0.376 e. The van der Waals surface area contributed by atoms with Gasteiger partial charge < -0.3 is 16.0 Å². The summed E-state index contributed by atoms with van der Waals surface area (Å²) >= 11 is 11.8. The normalized spacial score (nSPS) is 10.4. The highest BCUT2D eigenvalue weighted by Gasteiger charge is 2.09. The van der Waals surface area contributed by atoms with E-state index < -0.39 is 0 Å². The number of hydrogen-bond acceptors (Lipinski definition) is 3. The number of rotatable bonds is 6. The third kappa shape index (κ3) is 5.96. The lowest BCUT2D eigenvalue weighted by Gasteiger charge is -2.11. The Hall–Kier alpha value is -2.24. The van der Waals surface area contributed by atoms with Gasteiger partial charge in [0.1, 0.15) is 0 Å². The maximum atomic E-state index is 12.1. The number of anilines is 2. The highest BCUT2D eigenvalue weighted by molar-refractivity contribution is 6.42. The molecule has 0 saturated carbocycles. The number of carbonyl (C=O) groups excluding carboxylic acids is 2. The molecule has 0 aromatic heterocycles. The largest absolute Gasteiger partial charge is 0.376 e. The fourth-order valence-electron chi connectivity index (χ4n) is 2.08. The van der Waals surface area contributed by atoms with Crippen molar-refractivity contribution in [2.45, 2.75) is 19.9 Å². The zero-order valence-electron chi connectivity index (χ0n) is 13.9. The molecule has 0 heterocycles. The van der Waals surface area contributed by atoms with Gasteiger partial charge in [0.2, 0.25) is 5.91 Å². The fraction of sp³-hybridized carbons (Fsp3) is 0.222. The quantitative estimate of drug-likeness (QED) is 0.704. The zero-order valence-corrected chi connectivity index (χ0v) is 15.4. The van der Waals surface area contributed by atoms with Crippen molar-refractivity contribution in [2.24, 2.45) is 0 Å². The van der Waals surface area contributed by atoms with E-state index in [9.17, 15) is 9.59 Å². The van der Waals surface area contributed by atoms with Crippen LogP contribution in [0.5, 0.6) is 0 Å². The monoisotopic (exact) mass is 379 g/mol. The Bertz CT molecular complexity index is 779. The lowest BCUT2D eigenvalue weighted by molar-refractivity contribution is -0.114. The van der Waals surface area contributed by atoms with Gasteiger partial charge in [-0.3, -0.25) is 9.59 Å². The highest BCUT2D eigenvalue weighted by Crippen LogP contribution is 2.24. The lowest BCUT2D eigenvalue weighted by atomic mass is 10.1. The number of halogens is 2. The summed E-state index contributed by atoms with van der Waals surface area (Å²) in [6.45, 7) is 3.83. The zero-order chi connectivity index (χ0) is 18.4. The Kier molecular flexibility index (Phi) is 6.67. The molecule has 0 bridgehead atoms. The van der Waals surface area contributed by atoms with Gasteiger partial charge in [-0.15, -0.1) is 0 Å². The summed E-state index contributed by atoms with van der Waals surface area (Å²) in [6.07, 6.45) is 0. The van der Waals surface area contributed by atoms with Crippen LogP contribution >= 0.6 is 23.2 Å². The van der Waals surface area contributed by atoms with Crippen LogP contribution in [-0.2, 0) is 4.79 Å². The molecule has 3 N–H and O–H groups in total. The van der Waals surface area contributed by atoms with Gasteiger partial charge in [-0.05, 0) is 50.2 Å². The molecule has 0 aliphatic rings. The number of amides is 2. The first-order chi connectivity index (χ1) is 11.8.